The molecule has 2 aromatic carbocycles. The van der Waals surface area contributed by atoms with Gasteiger partial charge < -0.3 is 10.2 Å². The Balaban J connectivity index is 1.91. The van der Waals surface area contributed by atoms with Crippen LogP contribution in [-0.2, 0) is 13.1 Å². The minimum absolute atomic E-state index is 0.0682. The summed E-state index contributed by atoms with van der Waals surface area (Å²) in [6.45, 7) is 3.72. The van der Waals surface area contributed by atoms with Crippen molar-refractivity contribution in [1.82, 2.24) is 10.2 Å². The Morgan fingerprint density at radius 1 is 1.10 bits per heavy atom. The lowest BCUT2D eigenvalue weighted by atomic mass is 10.2. The van der Waals surface area contributed by atoms with Crippen LogP contribution in [0.15, 0.2) is 54.6 Å². The Hall–Kier alpha value is -2.00. The van der Waals surface area contributed by atoms with Crippen LogP contribution in [0, 0.1) is 0 Å². The summed E-state index contributed by atoms with van der Waals surface area (Å²) in [6, 6.07) is 17.4. The van der Waals surface area contributed by atoms with Crippen LogP contribution in [0.25, 0.3) is 0 Å². The maximum Gasteiger partial charge on any atom is 0.317 e. The van der Waals surface area contributed by atoms with Crippen LogP contribution >= 0.6 is 11.6 Å². The van der Waals surface area contributed by atoms with Gasteiger partial charge in [0, 0.05) is 24.7 Å². The van der Waals surface area contributed by atoms with Crippen LogP contribution in [0.3, 0.4) is 0 Å². The molecular weight excluding hydrogens is 284 g/mol. The van der Waals surface area contributed by atoms with Crippen LogP contribution in [0.4, 0.5) is 4.79 Å². The van der Waals surface area contributed by atoms with Gasteiger partial charge in [0.25, 0.3) is 0 Å². The van der Waals surface area contributed by atoms with Gasteiger partial charge >= 0.3 is 6.03 Å². The highest BCUT2D eigenvalue weighted by Gasteiger charge is 2.11. The quantitative estimate of drug-likeness (QED) is 0.887. The highest BCUT2D eigenvalue weighted by molar-refractivity contribution is 6.30. The largest absolute Gasteiger partial charge is 0.334 e. The highest BCUT2D eigenvalue weighted by Crippen LogP contribution is 2.10. The van der Waals surface area contributed by atoms with Gasteiger partial charge in [-0.1, -0.05) is 54.1 Å². The molecule has 0 bridgehead atoms. The second-order valence-electron chi connectivity index (χ2n) is 4.79. The predicted molar refractivity (Wildman–Crippen MR) is 86.2 cm³/mol. The topological polar surface area (TPSA) is 32.3 Å². The van der Waals surface area contributed by atoms with Crippen molar-refractivity contribution < 1.29 is 4.79 Å². The first kappa shape index (κ1) is 15.4. The van der Waals surface area contributed by atoms with E-state index in [0.717, 1.165) is 11.1 Å². The van der Waals surface area contributed by atoms with Gasteiger partial charge in [-0.05, 0) is 30.2 Å². The van der Waals surface area contributed by atoms with E-state index in [-0.39, 0.29) is 6.03 Å². The van der Waals surface area contributed by atoms with Gasteiger partial charge in [-0.2, -0.15) is 0 Å². The van der Waals surface area contributed by atoms with Crippen molar-refractivity contribution in [3.05, 3.63) is 70.7 Å². The zero-order chi connectivity index (χ0) is 15.1. The van der Waals surface area contributed by atoms with Gasteiger partial charge in [0.1, 0.15) is 0 Å². The molecule has 2 amide bonds. The Bertz CT molecular complexity index is 586. The number of benzene rings is 2. The third-order valence-electron chi connectivity index (χ3n) is 3.22. The van der Waals surface area contributed by atoms with Gasteiger partial charge in [0.15, 0.2) is 0 Å². The predicted octanol–water partition coefficient (Wildman–Crippen LogP) is 4.07. The number of hydrogen-bond acceptors (Lipinski definition) is 1. The smallest absolute Gasteiger partial charge is 0.317 e. The van der Waals surface area contributed by atoms with Crippen molar-refractivity contribution >= 4 is 17.6 Å². The molecule has 0 saturated heterocycles. The van der Waals surface area contributed by atoms with Gasteiger partial charge in [-0.15, -0.1) is 0 Å². The van der Waals surface area contributed by atoms with E-state index in [2.05, 4.69) is 5.32 Å². The van der Waals surface area contributed by atoms with Crippen molar-refractivity contribution in [3.8, 4) is 0 Å². The molecular formula is C17H19ClN2O. The number of urea groups is 1. The van der Waals surface area contributed by atoms with Crippen LogP contribution in [0.1, 0.15) is 18.1 Å². The van der Waals surface area contributed by atoms with Crippen LogP contribution in [-0.4, -0.2) is 17.5 Å². The number of carbonyl (C=O) groups excluding carboxylic acids is 1. The summed E-state index contributed by atoms with van der Waals surface area (Å²) in [5, 5.41) is 3.60. The maximum atomic E-state index is 12.2. The molecule has 0 aliphatic heterocycles. The number of nitrogens with one attached hydrogen (secondary N) is 1. The van der Waals surface area contributed by atoms with E-state index < -0.39 is 0 Å². The lowest BCUT2D eigenvalue weighted by Gasteiger charge is -2.21. The second kappa shape index (κ2) is 7.70. The molecule has 0 fully saturated rings. The normalized spacial score (nSPS) is 10.2. The number of nitrogens with zero attached hydrogens (tertiary/aromatic N) is 1. The minimum atomic E-state index is -0.0682. The molecule has 2 rings (SSSR count). The summed E-state index contributed by atoms with van der Waals surface area (Å²) < 4.78 is 0. The average molecular weight is 303 g/mol. The summed E-state index contributed by atoms with van der Waals surface area (Å²) in [7, 11) is 0. The number of hydrogen-bond donors (Lipinski definition) is 1. The number of carbonyl (C=O) groups is 1. The number of amides is 2. The molecule has 4 heteroatoms. The Kier molecular flexibility index (Phi) is 5.64. The highest BCUT2D eigenvalue weighted by atomic mass is 35.5. The molecule has 0 spiro atoms. The van der Waals surface area contributed by atoms with Crippen LogP contribution in [0.2, 0.25) is 5.02 Å². The van der Waals surface area contributed by atoms with E-state index >= 15 is 0 Å². The maximum absolute atomic E-state index is 12.2. The Morgan fingerprint density at radius 2 is 1.81 bits per heavy atom. The van der Waals surface area contributed by atoms with Crippen LogP contribution in [0.5, 0.6) is 0 Å². The first-order valence-corrected chi connectivity index (χ1v) is 7.38. The molecule has 0 aliphatic rings. The molecule has 2 aromatic rings. The third kappa shape index (κ3) is 4.80. The first-order chi connectivity index (χ1) is 10.2. The Labute approximate surface area is 130 Å². The van der Waals surface area contributed by atoms with E-state index in [1.807, 2.05) is 61.5 Å². The van der Waals surface area contributed by atoms with E-state index in [1.165, 1.54) is 0 Å². The molecule has 0 aromatic heterocycles. The molecule has 21 heavy (non-hydrogen) atoms. The van der Waals surface area contributed by atoms with E-state index in [1.54, 1.807) is 4.90 Å². The van der Waals surface area contributed by atoms with E-state index in [9.17, 15) is 4.79 Å². The van der Waals surface area contributed by atoms with Crippen molar-refractivity contribution in [2.75, 3.05) is 6.54 Å². The molecule has 0 aliphatic carbocycles. The second-order valence-corrected chi connectivity index (χ2v) is 5.22. The molecule has 3 nitrogen and oxygen atoms in total. The fourth-order valence-electron chi connectivity index (χ4n) is 2.07. The van der Waals surface area contributed by atoms with Crippen molar-refractivity contribution in [2.45, 2.75) is 20.0 Å². The van der Waals surface area contributed by atoms with Gasteiger partial charge in [0.05, 0.1) is 0 Å². The molecule has 0 atom stereocenters. The summed E-state index contributed by atoms with van der Waals surface area (Å²) in [4.78, 5) is 14.0. The third-order valence-corrected chi connectivity index (χ3v) is 3.45. The molecule has 0 radical (unpaired) electrons. The SMILES string of the molecule is CCN(Cc1ccccc1)C(=O)NCc1cccc(Cl)c1. The summed E-state index contributed by atoms with van der Waals surface area (Å²) in [5.74, 6) is 0. The van der Waals surface area contributed by atoms with E-state index in [4.69, 9.17) is 11.6 Å². The lowest BCUT2D eigenvalue weighted by molar-refractivity contribution is 0.197. The van der Waals surface area contributed by atoms with Gasteiger partial charge in [-0.25, -0.2) is 4.79 Å². The van der Waals surface area contributed by atoms with Gasteiger partial charge in [0.2, 0.25) is 0 Å². The standard InChI is InChI=1S/C17H19ClN2O/c1-2-20(13-14-7-4-3-5-8-14)17(21)19-12-15-9-6-10-16(18)11-15/h3-11H,2,12-13H2,1H3,(H,19,21). The molecule has 110 valence electrons. The fourth-order valence-corrected chi connectivity index (χ4v) is 2.28. The zero-order valence-corrected chi connectivity index (χ0v) is 12.8. The summed E-state index contributed by atoms with van der Waals surface area (Å²) in [6.07, 6.45) is 0. The first-order valence-electron chi connectivity index (χ1n) is 7.00. The van der Waals surface area contributed by atoms with Crippen molar-refractivity contribution in [1.29, 1.82) is 0 Å². The summed E-state index contributed by atoms with van der Waals surface area (Å²) >= 11 is 5.93. The molecule has 0 unspecified atom stereocenters. The van der Waals surface area contributed by atoms with Crippen molar-refractivity contribution in [3.63, 3.8) is 0 Å². The lowest BCUT2D eigenvalue weighted by Crippen LogP contribution is -2.39. The average Bonchev–Trinajstić information content (AvgIpc) is 2.51. The number of halogens is 1. The molecule has 1 N–H and O–H groups in total. The molecule has 0 heterocycles. The minimum Gasteiger partial charge on any atom is -0.334 e. The molecule has 0 saturated carbocycles. The summed E-state index contributed by atoms with van der Waals surface area (Å²) in [5.41, 5.74) is 2.11. The monoisotopic (exact) mass is 302 g/mol. The fraction of sp³-hybridized carbons (Fsp3) is 0.235. The van der Waals surface area contributed by atoms with Crippen LogP contribution < -0.4 is 5.32 Å². The number of rotatable bonds is 5. The Morgan fingerprint density at radius 3 is 2.48 bits per heavy atom. The zero-order valence-electron chi connectivity index (χ0n) is 12.1. The van der Waals surface area contributed by atoms with Gasteiger partial charge in [-0.3, -0.25) is 0 Å². The van der Waals surface area contributed by atoms with Crippen molar-refractivity contribution in [2.24, 2.45) is 0 Å². The van der Waals surface area contributed by atoms with E-state index in [0.29, 0.717) is 24.7 Å².